The predicted molar refractivity (Wildman–Crippen MR) is 236 cm³/mol. The molecule has 63 heavy (non-hydrogen) atoms. The highest BCUT2D eigenvalue weighted by Gasteiger charge is 2.52. The Hall–Kier alpha value is -4.16. The van der Waals surface area contributed by atoms with Gasteiger partial charge in [0.2, 0.25) is 11.8 Å². The standard InChI is InChI=1S/C46H71FN6O10/c1-13-35-46(10,58)32(28(7)38(25(3)4)51-37(54)14-2)21-20-30(52-60-24-31-23-59-42(49-31)33-16-15-17-36(48)50-33)19-18-26(5)40(29(8)41(56)45(9,47)44(57)62-35)63-43-39(55)34(53(11)12)22-27(6)61-43/h15-17,23,25-29,32,34-35,39-40,43,55,58H,13-14,18-22,24H2,1-12H3,(H2,48,50)/b51-38?,52-30-/t26?,27-,28-,29-,32-,34?,35-,39-,40+,43+,45+,46+/m1/s1. The maximum absolute atomic E-state index is 16.9. The number of likely N-dealkylation sites (N-methyl/N-ethyl adjacent to an activating group) is 1. The fraction of sp³-hybridized carbons (Fsp3) is 0.717. The Morgan fingerprint density at radius 2 is 1.78 bits per heavy atom. The Bertz CT molecular complexity index is 1920. The average molecular weight is 887 g/mol. The van der Waals surface area contributed by atoms with Gasteiger partial charge in [0.05, 0.1) is 17.9 Å². The number of amides is 1. The first-order valence-electron chi connectivity index (χ1n) is 22.3. The smallest absolute Gasteiger partial charge is 0.351 e. The minimum Gasteiger partial charge on any atom is -0.457 e. The predicted octanol–water partition coefficient (Wildman–Crippen LogP) is 6.50. The van der Waals surface area contributed by atoms with E-state index in [-0.39, 0.29) is 62.2 Å². The second kappa shape index (κ2) is 22.2. The number of halogens is 1. The van der Waals surface area contributed by atoms with Crippen molar-refractivity contribution in [3.63, 3.8) is 0 Å². The molecule has 16 nitrogen and oxygen atoms in total. The number of pyridine rings is 1. The van der Waals surface area contributed by atoms with Crippen LogP contribution in [0.3, 0.4) is 0 Å². The highest BCUT2D eigenvalue weighted by atomic mass is 19.1. The highest BCUT2D eigenvalue weighted by molar-refractivity contribution is 6.07. The van der Waals surface area contributed by atoms with Crippen molar-refractivity contribution >= 4 is 34.9 Å². The molecule has 2 fully saturated rings. The summed E-state index contributed by atoms with van der Waals surface area (Å²) in [4.78, 5) is 61.9. The molecule has 4 N–H and O–H groups in total. The molecule has 2 aliphatic rings. The number of carbonyl (C=O) groups excluding carboxylic acids is 3. The van der Waals surface area contributed by atoms with Crippen LogP contribution >= 0.6 is 0 Å². The molecule has 4 heterocycles. The summed E-state index contributed by atoms with van der Waals surface area (Å²) in [5, 5.41) is 28.6. The fourth-order valence-corrected chi connectivity index (χ4v) is 8.91. The van der Waals surface area contributed by atoms with Crippen LogP contribution in [0.25, 0.3) is 11.6 Å². The quantitative estimate of drug-likeness (QED) is 0.0896. The molecule has 0 spiro atoms. The van der Waals surface area contributed by atoms with Crippen molar-refractivity contribution in [2.24, 2.45) is 39.7 Å². The van der Waals surface area contributed by atoms with Crippen LogP contribution < -0.4 is 5.73 Å². The summed E-state index contributed by atoms with van der Waals surface area (Å²) in [7, 11) is 3.69. The number of aliphatic hydroxyl groups is 2. The van der Waals surface area contributed by atoms with Crippen LogP contribution in [-0.4, -0.2) is 116 Å². The Kier molecular flexibility index (Phi) is 18.1. The summed E-state index contributed by atoms with van der Waals surface area (Å²) in [6.45, 7) is 16.7. The molecule has 17 heteroatoms. The number of aromatic nitrogens is 2. The topological polar surface area (TPSA) is 221 Å². The Balaban J connectivity index is 1.79. The molecule has 2 aliphatic heterocycles. The molecule has 2 aromatic heterocycles. The maximum Gasteiger partial charge on any atom is 0.351 e. The molecular formula is C46H71FN6O10. The van der Waals surface area contributed by atoms with Crippen LogP contribution in [0, 0.1) is 29.6 Å². The van der Waals surface area contributed by atoms with Crippen molar-refractivity contribution in [2.45, 2.75) is 169 Å². The molecule has 2 saturated heterocycles. The number of oxime groups is 1. The van der Waals surface area contributed by atoms with Crippen molar-refractivity contribution in [3.05, 3.63) is 30.2 Å². The minimum absolute atomic E-state index is 0.0615. The highest BCUT2D eigenvalue weighted by Crippen LogP contribution is 2.39. The number of cyclic esters (lactones) is 1. The third kappa shape index (κ3) is 12.8. The van der Waals surface area contributed by atoms with E-state index in [0.717, 1.165) is 6.92 Å². The number of esters is 1. The molecule has 12 atom stereocenters. The summed E-state index contributed by atoms with van der Waals surface area (Å²) in [5.41, 5.74) is 2.94. The first kappa shape index (κ1) is 51.5. The van der Waals surface area contributed by atoms with E-state index in [4.69, 9.17) is 29.2 Å². The first-order valence-corrected chi connectivity index (χ1v) is 22.3. The lowest BCUT2D eigenvalue weighted by molar-refractivity contribution is -0.278. The molecule has 0 bridgehead atoms. The van der Waals surface area contributed by atoms with Crippen LogP contribution in [-0.2, 0) is 40.0 Å². The van der Waals surface area contributed by atoms with Gasteiger partial charge in [-0.1, -0.05) is 59.7 Å². The lowest BCUT2D eigenvalue weighted by atomic mass is 9.70. The van der Waals surface area contributed by atoms with Crippen molar-refractivity contribution in [1.82, 2.24) is 14.9 Å². The van der Waals surface area contributed by atoms with Gasteiger partial charge >= 0.3 is 5.97 Å². The Morgan fingerprint density at radius 1 is 1.10 bits per heavy atom. The molecule has 2 unspecified atom stereocenters. The van der Waals surface area contributed by atoms with E-state index in [0.29, 0.717) is 47.9 Å². The van der Waals surface area contributed by atoms with E-state index >= 15 is 4.39 Å². The second-order valence-electron chi connectivity index (χ2n) is 18.3. The minimum atomic E-state index is -3.14. The number of aliphatic hydroxyl groups excluding tert-OH is 1. The van der Waals surface area contributed by atoms with Gasteiger partial charge in [-0.2, -0.15) is 0 Å². The summed E-state index contributed by atoms with van der Waals surface area (Å²) in [6, 6.07) is 4.79. The number of carbonyl (C=O) groups is 3. The molecule has 352 valence electrons. The molecule has 1 amide bonds. The van der Waals surface area contributed by atoms with Gasteiger partial charge in [0.15, 0.2) is 18.7 Å². The van der Waals surface area contributed by atoms with Crippen molar-refractivity contribution in [2.75, 3.05) is 19.8 Å². The average Bonchev–Trinajstić information content (AvgIpc) is 3.71. The van der Waals surface area contributed by atoms with Crippen LogP contribution in [0.5, 0.6) is 0 Å². The molecule has 2 aromatic rings. The molecule has 0 saturated carbocycles. The van der Waals surface area contributed by atoms with Gasteiger partial charge in [0.1, 0.15) is 41.3 Å². The number of hydrogen-bond acceptors (Lipinski definition) is 15. The van der Waals surface area contributed by atoms with E-state index in [1.165, 1.54) is 20.1 Å². The summed E-state index contributed by atoms with van der Waals surface area (Å²) < 4.78 is 41.0. The van der Waals surface area contributed by atoms with E-state index in [9.17, 15) is 24.6 Å². The number of Topliss-reactive ketones (excluding diaryl/α,β-unsaturated/α-hetero) is 1. The number of nitrogens with two attached hydrogens (primary N) is 1. The number of ether oxygens (including phenoxy) is 3. The number of rotatable bonds is 12. The lowest BCUT2D eigenvalue weighted by Crippen LogP contribution is -2.57. The molecule has 0 aliphatic carbocycles. The van der Waals surface area contributed by atoms with Crippen molar-refractivity contribution in [3.8, 4) is 11.6 Å². The zero-order valence-corrected chi connectivity index (χ0v) is 39.2. The van der Waals surface area contributed by atoms with E-state index < -0.39 is 71.3 Å². The number of ketones is 1. The van der Waals surface area contributed by atoms with Crippen molar-refractivity contribution < 1.29 is 52.5 Å². The Labute approximate surface area is 371 Å². The number of nitrogens with zero attached hydrogens (tertiary/aromatic N) is 5. The normalized spacial score (nSPS) is 33.2. The summed E-state index contributed by atoms with van der Waals surface area (Å²) >= 11 is 0. The number of alkyl halides is 1. The second-order valence-corrected chi connectivity index (χ2v) is 18.3. The van der Waals surface area contributed by atoms with Crippen molar-refractivity contribution in [1.29, 1.82) is 0 Å². The molecular weight excluding hydrogens is 816 g/mol. The third-order valence-electron chi connectivity index (χ3n) is 12.7. The van der Waals surface area contributed by atoms with Gasteiger partial charge in [0, 0.05) is 30.0 Å². The number of aliphatic imine (C=N–C) groups is 1. The maximum atomic E-state index is 16.9. The number of hydrogen-bond donors (Lipinski definition) is 3. The number of nitrogen functional groups attached to an aromatic ring is 1. The van der Waals surface area contributed by atoms with Crippen LogP contribution in [0.1, 0.15) is 120 Å². The van der Waals surface area contributed by atoms with E-state index in [2.05, 4.69) is 20.1 Å². The molecule has 4 rings (SSSR count). The third-order valence-corrected chi connectivity index (χ3v) is 12.7. The van der Waals surface area contributed by atoms with Gasteiger partial charge in [-0.25, -0.2) is 24.1 Å². The van der Waals surface area contributed by atoms with Gasteiger partial charge in [-0.05, 0) is 103 Å². The molecule has 0 aromatic carbocycles. The number of oxazole rings is 1. The summed E-state index contributed by atoms with van der Waals surface area (Å²) in [5.74, 6) is -5.41. The van der Waals surface area contributed by atoms with Gasteiger partial charge in [-0.3, -0.25) is 9.59 Å². The SMILES string of the molecule is CCC(=O)N=C(C(C)C)[C@H](C)[C@H]1CC/C(=N\OCc2coc(-c3cccc(N)n3)n2)CCC(C)[C@H](O[C@@H]2O[C@H](C)CC(N(C)C)[C@H]2O)[C@@H](C)C(=O)[C@](C)(F)C(=O)O[C@H](CC)[C@@]1(C)O. The largest absolute Gasteiger partial charge is 0.457 e. The van der Waals surface area contributed by atoms with Gasteiger partial charge in [-0.15, -0.1) is 0 Å². The Morgan fingerprint density at radius 3 is 2.40 bits per heavy atom. The van der Waals surface area contributed by atoms with Gasteiger partial charge in [0.25, 0.3) is 5.67 Å². The fourth-order valence-electron chi connectivity index (χ4n) is 8.91. The first-order chi connectivity index (χ1) is 29.5. The monoisotopic (exact) mass is 887 g/mol. The summed E-state index contributed by atoms with van der Waals surface area (Å²) in [6.07, 6.45) is -1.44. The lowest BCUT2D eigenvalue weighted by Gasteiger charge is -2.44. The zero-order chi connectivity index (χ0) is 47.0. The zero-order valence-electron chi connectivity index (χ0n) is 39.2. The molecule has 0 radical (unpaired) electrons. The number of anilines is 1. The van der Waals surface area contributed by atoms with E-state index in [1.54, 1.807) is 32.0 Å². The van der Waals surface area contributed by atoms with Gasteiger partial charge < -0.3 is 44.3 Å². The van der Waals surface area contributed by atoms with E-state index in [1.807, 2.05) is 53.6 Å². The van der Waals surface area contributed by atoms with Crippen LogP contribution in [0.4, 0.5) is 10.2 Å². The van der Waals surface area contributed by atoms with Crippen LogP contribution in [0.2, 0.25) is 0 Å². The van der Waals surface area contributed by atoms with Crippen LogP contribution in [0.15, 0.2) is 39.0 Å².